The number of amides is 1. The van der Waals surface area contributed by atoms with Gasteiger partial charge in [0.1, 0.15) is 17.2 Å². The highest BCUT2D eigenvalue weighted by molar-refractivity contribution is 7.89. The van der Waals surface area contributed by atoms with Crippen molar-refractivity contribution in [3.63, 3.8) is 0 Å². The van der Waals surface area contributed by atoms with Gasteiger partial charge in [-0.15, -0.1) is 0 Å². The molecule has 3 N–H and O–H groups in total. The van der Waals surface area contributed by atoms with Crippen LogP contribution in [-0.2, 0) is 24.3 Å². The minimum absolute atomic E-state index is 0.156. The SMILES string of the molecule is COCCCNS(=O)(=O)c1ccc(O)c(N=NC(C(C)=O)C(=O)Nc2ccccc2OC)c1. The molecule has 1 amide bonds. The van der Waals surface area contributed by atoms with Crippen LogP contribution < -0.4 is 14.8 Å². The molecule has 0 aliphatic carbocycles. The molecule has 0 aliphatic rings. The van der Waals surface area contributed by atoms with Crippen molar-refractivity contribution in [3.05, 3.63) is 42.5 Å². The van der Waals surface area contributed by atoms with Gasteiger partial charge < -0.3 is 19.9 Å². The second-order valence-electron chi connectivity index (χ2n) is 6.81. The smallest absolute Gasteiger partial charge is 0.258 e. The molecule has 0 saturated heterocycles. The van der Waals surface area contributed by atoms with Crippen LogP contribution in [0.15, 0.2) is 57.6 Å². The first-order valence-corrected chi connectivity index (χ1v) is 11.3. The topological polar surface area (TPSA) is 156 Å². The predicted molar refractivity (Wildman–Crippen MR) is 120 cm³/mol. The van der Waals surface area contributed by atoms with Gasteiger partial charge in [0.25, 0.3) is 5.91 Å². The summed E-state index contributed by atoms with van der Waals surface area (Å²) < 4.78 is 37.3. The number of methoxy groups -OCH3 is 2. The van der Waals surface area contributed by atoms with Crippen LogP contribution in [0.4, 0.5) is 11.4 Å². The number of para-hydroxylation sites is 2. The number of anilines is 1. The number of nitrogens with one attached hydrogen (secondary N) is 2. The van der Waals surface area contributed by atoms with E-state index in [1.54, 1.807) is 24.3 Å². The first-order valence-electron chi connectivity index (χ1n) is 9.86. The highest BCUT2D eigenvalue weighted by Crippen LogP contribution is 2.30. The molecule has 0 aliphatic heterocycles. The number of ketones is 1. The van der Waals surface area contributed by atoms with Gasteiger partial charge >= 0.3 is 0 Å². The highest BCUT2D eigenvalue weighted by Gasteiger charge is 2.24. The molecule has 2 aromatic carbocycles. The number of aromatic hydroxyl groups is 1. The Kier molecular flexibility index (Phi) is 9.45. The monoisotopic (exact) mass is 478 g/mol. The maximum atomic E-state index is 12.6. The first kappa shape index (κ1) is 25.9. The third-order valence-corrected chi connectivity index (χ3v) is 5.81. The van der Waals surface area contributed by atoms with E-state index >= 15 is 0 Å². The highest BCUT2D eigenvalue weighted by atomic mass is 32.2. The van der Waals surface area contributed by atoms with Gasteiger partial charge in [0.15, 0.2) is 5.78 Å². The standard InChI is InChI=1S/C21H26N4O7S/c1-14(26)20(21(28)23-16-7-4-5-8-19(16)32-3)25-24-17-13-15(9-10-18(17)27)33(29,30)22-11-6-12-31-2/h4-5,7-10,13,20,22,27H,6,11-12H2,1-3H3,(H,23,28). The Morgan fingerprint density at radius 2 is 1.88 bits per heavy atom. The third-order valence-electron chi connectivity index (χ3n) is 4.35. The molecule has 0 radical (unpaired) electrons. The van der Waals surface area contributed by atoms with Gasteiger partial charge in [-0.1, -0.05) is 12.1 Å². The van der Waals surface area contributed by atoms with Gasteiger partial charge in [0.2, 0.25) is 16.1 Å². The lowest BCUT2D eigenvalue weighted by molar-refractivity contribution is -0.126. The van der Waals surface area contributed by atoms with E-state index in [4.69, 9.17) is 9.47 Å². The molecule has 0 bridgehead atoms. The number of carbonyl (C=O) groups is 2. The van der Waals surface area contributed by atoms with Crippen molar-refractivity contribution < 1.29 is 32.6 Å². The van der Waals surface area contributed by atoms with E-state index in [1.807, 2.05) is 0 Å². The normalized spacial score (nSPS) is 12.5. The van der Waals surface area contributed by atoms with Crippen molar-refractivity contribution in [2.45, 2.75) is 24.3 Å². The van der Waals surface area contributed by atoms with E-state index in [2.05, 4.69) is 20.3 Å². The summed E-state index contributed by atoms with van der Waals surface area (Å²) in [5, 5.41) is 20.1. The molecular weight excluding hydrogens is 452 g/mol. The van der Waals surface area contributed by atoms with Crippen LogP contribution in [0.5, 0.6) is 11.5 Å². The van der Waals surface area contributed by atoms with Crippen molar-refractivity contribution in [1.82, 2.24) is 4.72 Å². The molecule has 1 atom stereocenters. The van der Waals surface area contributed by atoms with Crippen molar-refractivity contribution in [2.75, 3.05) is 32.7 Å². The zero-order chi connectivity index (χ0) is 24.4. The maximum absolute atomic E-state index is 12.6. The van der Waals surface area contributed by atoms with Gasteiger partial charge in [0.05, 0.1) is 17.7 Å². The molecule has 12 heteroatoms. The van der Waals surface area contributed by atoms with Crippen LogP contribution in [0.1, 0.15) is 13.3 Å². The molecule has 0 spiro atoms. The number of hydrogen-bond donors (Lipinski definition) is 3. The molecule has 2 aromatic rings. The van der Waals surface area contributed by atoms with Gasteiger partial charge in [-0.3, -0.25) is 9.59 Å². The second-order valence-corrected chi connectivity index (χ2v) is 8.58. The quantitative estimate of drug-likeness (QED) is 0.240. The average Bonchev–Trinajstić information content (AvgIpc) is 2.78. The molecule has 0 fully saturated rings. The predicted octanol–water partition coefficient (Wildman–Crippen LogP) is 2.40. The number of Topliss-reactive ketones (excluding diaryl/α,β-unsaturated/α-hetero) is 1. The molecule has 1 unspecified atom stereocenters. The van der Waals surface area contributed by atoms with E-state index < -0.39 is 27.8 Å². The van der Waals surface area contributed by atoms with E-state index in [0.29, 0.717) is 24.5 Å². The Bertz CT molecular complexity index is 1120. The first-order chi connectivity index (χ1) is 15.7. The van der Waals surface area contributed by atoms with Crippen molar-refractivity contribution >= 4 is 33.1 Å². The average molecular weight is 479 g/mol. The summed E-state index contributed by atoms with van der Waals surface area (Å²) in [6, 6.07) is 8.51. The minimum atomic E-state index is -3.88. The summed E-state index contributed by atoms with van der Waals surface area (Å²) in [6.07, 6.45) is 0.474. The van der Waals surface area contributed by atoms with Gasteiger partial charge in [-0.25, -0.2) is 13.1 Å². The van der Waals surface area contributed by atoms with E-state index in [1.165, 1.54) is 20.3 Å². The van der Waals surface area contributed by atoms with Crippen LogP contribution in [-0.4, -0.2) is 58.6 Å². The van der Waals surface area contributed by atoms with Crippen LogP contribution in [0.2, 0.25) is 0 Å². The summed E-state index contributed by atoms with van der Waals surface area (Å²) in [7, 11) is -0.934. The molecular formula is C21H26N4O7S. The zero-order valence-electron chi connectivity index (χ0n) is 18.4. The minimum Gasteiger partial charge on any atom is -0.506 e. The number of sulfonamides is 1. The van der Waals surface area contributed by atoms with Crippen LogP contribution in [0, 0.1) is 0 Å². The van der Waals surface area contributed by atoms with Gasteiger partial charge in [-0.05, 0) is 43.7 Å². The number of hydrogen-bond acceptors (Lipinski definition) is 9. The van der Waals surface area contributed by atoms with E-state index in [-0.39, 0.29) is 22.9 Å². The lowest BCUT2D eigenvalue weighted by Gasteiger charge is -2.12. The fraction of sp³-hybridized carbons (Fsp3) is 0.333. The summed E-state index contributed by atoms with van der Waals surface area (Å²) in [5.74, 6) is -1.35. The van der Waals surface area contributed by atoms with Crippen LogP contribution in [0.25, 0.3) is 0 Å². The molecule has 178 valence electrons. The summed E-state index contributed by atoms with van der Waals surface area (Å²) >= 11 is 0. The Morgan fingerprint density at radius 1 is 1.15 bits per heavy atom. The summed E-state index contributed by atoms with van der Waals surface area (Å²) in [5.41, 5.74) is 0.119. The number of azo groups is 1. The largest absolute Gasteiger partial charge is 0.506 e. The van der Waals surface area contributed by atoms with Crippen molar-refractivity contribution in [2.24, 2.45) is 10.2 Å². The van der Waals surface area contributed by atoms with Crippen molar-refractivity contribution in [3.8, 4) is 11.5 Å². The number of nitrogens with zero attached hydrogens (tertiary/aromatic N) is 2. The Morgan fingerprint density at radius 3 is 2.55 bits per heavy atom. The Hall–Kier alpha value is -3.35. The fourth-order valence-electron chi connectivity index (χ4n) is 2.64. The Labute approximate surface area is 191 Å². The molecule has 0 heterocycles. The molecule has 33 heavy (non-hydrogen) atoms. The molecule has 11 nitrogen and oxygen atoms in total. The maximum Gasteiger partial charge on any atom is 0.258 e. The lowest BCUT2D eigenvalue weighted by Crippen LogP contribution is -2.31. The third kappa shape index (κ3) is 7.34. The Balaban J connectivity index is 2.23. The fourth-order valence-corrected chi connectivity index (χ4v) is 3.74. The number of carbonyl (C=O) groups excluding carboxylic acids is 2. The van der Waals surface area contributed by atoms with E-state index in [9.17, 15) is 23.1 Å². The van der Waals surface area contributed by atoms with E-state index in [0.717, 1.165) is 19.1 Å². The molecule has 0 aromatic heterocycles. The van der Waals surface area contributed by atoms with Crippen molar-refractivity contribution in [1.29, 1.82) is 0 Å². The zero-order valence-corrected chi connectivity index (χ0v) is 19.3. The number of phenols is 1. The number of phenolic OH excluding ortho intramolecular Hbond substituents is 1. The van der Waals surface area contributed by atoms with Crippen LogP contribution >= 0.6 is 0 Å². The summed E-state index contributed by atoms with van der Waals surface area (Å²) in [6.45, 7) is 1.71. The van der Waals surface area contributed by atoms with Gasteiger partial charge in [-0.2, -0.15) is 10.2 Å². The lowest BCUT2D eigenvalue weighted by atomic mass is 10.2. The number of benzene rings is 2. The van der Waals surface area contributed by atoms with Gasteiger partial charge in [0, 0.05) is 20.3 Å². The number of ether oxygens (including phenoxy) is 2. The molecule has 0 saturated carbocycles. The summed E-state index contributed by atoms with van der Waals surface area (Å²) in [4.78, 5) is 24.5. The second kappa shape index (κ2) is 12.0. The van der Waals surface area contributed by atoms with Crippen LogP contribution in [0.3, 0.4) is 0 Å². The molecule has 2 rings (SSSR count). The number of rotatable bonds is 12.